The molecule has 0 saturated heterocycles. The maximum atomic E-state index is 10.3. The Morgan fingerprint density at radius 3 is 2.24 bits per heavy atom. The summed E-state index contributed by atoms with van der Waals surface area (Å²) in [6.45, 7) is 12.7. The second-order valence-electron chi connectivity index (χ2n) is 13.1. The summed E-state index contributed by atoms with van der Waals surface area (Å²) in [5.41, 5.74) is 1.15. The molecule has 4 rings (SSSR count). The van der Waals surface area contributed by atoms with Gasteiger partial charge in [-0.3, -0.25) is 0 Å². The van der Waals surface area contributed by atoms with Gasteiger partial charge in [-0.2, -0.15) is 0 Å². The van der Waals surface area contributed by atoms with Gasteiger partial charge in [-0.1, -0.05) is 53.9 Å². The molecule has 4 fully saturated rings. The van der Waals surface area contributed by atoms with Crippen molar-refractivity contribution in [3.8, 4) is 0 Å². The Labute approximate surface area is 214 Å². The zero-order chi connectivity index (χ0) is 24.4. The highest BCUT2D eigenvalue weighted by atomic mass is 32.2. The molecule has 192 valence electrons. The zero-order valence-electron chi connectivity index (χ0n) is 22.3. The molecular weight excluding hydrogens is 444 g/mol. The normalized spacial score (nSPS) is 43.0. The fourth-order valence-electron chi connectivity index (χ4n) is 9.26. The first-order chi connectivity index (χ1) is 15.5. The number of fused-ring (bicyclic) bond motifs is 5. The van der Waals surface area contributed by atoms with Crippen molar-refractivity contribution in [3.63, 3.8) is 0 Å². The van der Waals surface area contributed by atoms with E-state index in [9.17, 15) is 9.90 Å². The van der Waals surface area contributed by atoms with Gasteiger partial charge in [-0.05, 0) is 116 Å². The molecule has 0 aliphatic heterocycles. The Balaban J connectivity index is 0.000000555. The van der Waals surface area contributed by atoms with Gasteiger partial charge in [0.05, 0.1) is 10.6 Å². The predicted octanol–water partition coefficient (Wildman–Crippen LogP) is 8.48. The van der Waals surface area contributed by atoms with Crippen LogP contribution in [-0.2, 0) is 12.6 Å². The molecule has 0 amide bonds. The van der Waals surface area contributed by atoms with Crippen molar-refractivity contribution in [3.05, 3.63) is 0 Å². The van der Waals surface area contributed by atoms with E-state index < -0.39 is 0 Å². The largest absolute Gasteiger partial charge is 0.730 e. The molecule has 0 spiro atoms. The summed E-state index contributed by atoms with van der Waals surface area (Å²) in [6, 6.07) is 0. The van der Waals surface area contributed by atoms with Crippen molar-refractivity contribution in [1.82, 2.24) is 0 Å². The molecule has 33 heavy (non-hydrogen) atoms. The first kappa shape index (κ1) is 27.8. The van der Waals surface area contributed by atoms with Crippen LogP contribution in [0.4, 0.5) is 4.79 Å². The summed E-state index contributed by atoms with van der Waals surface area (Å²) in [5, 5.41) is 10.3. The van der Waals surface area contributed by atoms with Crippen LogP contribution in [0.15, 0.2) is 0 Å². The Morgan fingerprint density at radius 2 is 1.61 bits per heavy atom. The molecule has 0 radical (unpaired) electrons. The molecule has 0 unspecified atom stereocenters. The number of hydrogen-bond acceptors (Lipinski definition) is 4. The van der Waals surface area contributed by atoms with Crippen molar-refractivity contribution in [2.75, 3.05) is 6.26 Å². The SMILES string of the molecule is CC(C)CCC[C@@H](C)[C@H]1CC[C@H]2[C@@H]3CC[C@H]4C[C@@H](O)CC[C@]4(C)[C@H]3CC[C@]12C.CSC(=O)[S-]. The highest BCUT2D eigenvalue weighted by Crippen LogP contribution is 2.68. The van der Waals surface area contributed by atoms with Crippen LogP contribution in [0, 0.1) is 52.3 Å². The van der Waals surface area contributed by atoms with E-state index in [1.54, 1.807) is 6.26 Å². The van der Waals surface area contributed by atoms with Crippen molar-refractivity contribution < 1.29 is 9.90 Å². The summed E-state index contributed by atoms with van der Waals surface area (Å²) in [7, 11) is 0. The summed E-state index contributed by atoms with van der Waals surface area (Å²) >= 11 is 5.16. The van der Waals surface area contributed by atoms with Gasteiger partial charge < -0.3 is 22.5 Å². The molecule has 0 heterocycles. The third-order valence-electron chi connectivity index (χ3n) is 11.0. The fourth-order valence-corrected chi connectivity index (χ4v) is 9.26. The van der Waals surface area contributed by atoms with Gasteiger partial charge in [0.2, 0.25) is 0 Å². The maximum absolute atomic E-state index is 10.3. The number of aliphatic hydroxyl groups excluding tert-OH is 1. The molecule has 4 aliphatic rings. The van der Waals surface area contributed by atoms with Gasteiger partial charge in [0.15, 0.2) is 0 Å². The molecular formula is C29H51O2S2-. The second kappa shape index (κ2) is 11.5. The van der Waals surface area contributed by atoms with Gasteiger partial charge in [0.25, 0.3) is 0 Å². The van der Waals surface area contributed by atoms with Crippen molar-refractivity contribution in [2.24, 2.45) is 52.3 Å². The number of rotatable bonds is 5. The second-order valence-corrected chi connectivity index (χ2v) is 14.5. The van der Waals surface area contributed by atoms with E-state index >= 15 is 0 Å². The first-order valence-corrected chi connectivity index (χ1v) is 15.6. The van der Waals surface area contributed by atoms with E-state index in [1.807, 2.05) is 0 Å². The molecule has 9 atom stereocenters. The lowest BCUT2D eigenvalue weighted by molar-refractivity contribution is -0.129. The minimum absolute atomic E-state index is 0.00830. The van der Waals surface area contributed by atoms with Crippen molar-refractivity contribution in [2.45, 2.75) is 118 Å². The molecule has 2 nitrogen and oxygen atoms in total. The van der Waals surface area contributed by atoms with Gasteiger partial charge >= 0.3 is 0 Å². The average Bonchev–Trinajstić information content (AvgIpc) is 3.11. The molecule has 0 aromatic rings. The van der Waals surface area contributed by atoms with Crippen LogP contribution in [-0.4, -0.2) is 21.9 Å². The lowest BCUT2D eigenvalue weighted by atomic mass is 9.44. The molecule has 4 aliphatic carbocycles. The van der Waals surface area contributed by atoms with Crippen LogP contribution in [0.5, 0.6) is 0 Å². The Hall–Kier alpha value is 0.200. The van der Waals surface area contributed by atoms with Gasteiger partial charge in [-0.15, -0.1) is 11.8 Å². The van der Waals surface area contributed by atoms with Crippen LogP contribution in [0.1, 0.15) is 112 Å². The van der Waals surface area contributed by atoms with Gasteiger partial charge in [-0.25, -0.2) is 0 Å². The minimum atomic E-state index is -0.245. The number of carbonyl (C=O) groups excluding carboxylic acids is 1. The van der Waals surface area contributed by atoms with Crippen molar-refractivity contribution in [1.29, 1.82) is 0 Å². The standard InChI is InChI=1S/C27H48O.C2H4OS2/c1-18(2)7-6-8-19(3)23-11-12-24-22-10-9-20-17-21(28)13-15-26(20,4)25(22)14-16-27(23,24)5;1-5-2(3)4/h18-25,28H,6-17H2,1-5H3;1H3,(H,3,4)/p-1/t19-,20+,21+,22+,23-,24+,25+,26+,27-;/m1./s1. The van der Waals surface area contributed by atoms with E-state index in [4.69, 9.17) is 0 Å². The molecule has 1 N–H and O–H groups in total. The smallest absolute Gasteiger partial charge is 0.0682 e. The minimum Gasteiger partial charge on any atom is -0.730 e. The van der Waals surface area contributed by atoms with Crippen molar-refractivity contribution >= 4 is 28.8 Å². The van der Waals surface area contributed by atoms with E-state index in [1.165, 1.54) is 64.2 Å². The molecule has 4 saturated carbocycles. The Bertz CT molecular complexity index is 652. The maximum Gasteiger partial charge on any atom is 0.0682 e. The lowest BCUT2D eigenvalue weighted by Gasteiger charge is -2.61. The van der Waals surface area contributed by atoms with Gasteiger partial charge in [0.1, 0.15) is 0 Å². The van der Waals surface area contributed by atoms with Crippen LogP contribution < -0.4 is 0 Å². The Kier molecular flexibility index (Phi) is 9.68. The number of aliphatic hydroxyl groups is 1. The first-order valence-electron chi connectivity index (χ1n) is 14.0. The van der Waals surface area contributed by atoms with Crippen LogP contribution in [0.3, 0.4) is 0 Å². The zero-order valence-corrected chi connectivity index (χ0v) is 23.9. The summed E-state index contributed by atoms with van der Waals surface area (Å²) in [4.78, 5) is 9.59. The number of hydrogen-bond donors (Lipinski definition) is 1. The third kappa shape index (κ3) is 5.96. The highest BCUT2D eigenvalue weighted by molar-refractivity contribution is 8.26. The van der Waals surface area contributed by atoms with Crippen LogP contribution in [0.2, 0.25) is 0 Å². The third-order valence-corrected chi connectivity index (χ3v) is 11.8. The highest BCUT2D eigenvalue weighted by Gasteiger charge is 2.60. The van der Waals surface area contributed by atoms with Crippen LogP contribution in [0.25, 0.3) is 0 Å². The summed E-state index contributed by atoms with van der Waals surface area (Å²) < 4.78 is -0.245. The fraction of sp³-hybridized carbons (Fsp3) is 0.966. The monoisotopic (exact) mass is 495 g/mol. The lowest BCUT2D eigenvalue weighted by Crippen LogP contribution is -2.54. The molecule has 0 aromatic carbocycles. The van der Waals surface area contributed by atoms with Gasteiger partial charge in [0, 0.05) is 0 Å². The average molecular weight is 496 g/mol. The topological polar surface area (TPSA) is 37.3 Å². The molecule has 0 aromatic heterocycles. The van der Waals surface area contributed by atoms with E-state index in [-0.39, 0.29) is 10.6 Å². The molecule has 0 bridgehead atoms. The predicted molar refractivity (Wildman–Crippen MR) is 145 cm³/mol. The quantitative estimate of drug-likeness (QED) is 0.388. The molecule has 4 heteroatoms. The number of thioether (sulfide) groups is 1. The van der Waals surface area contributed by atoms with E-state index in [0.717, 1.165) is 66.0 Å². The van der Waals surface area contributed by atoms with E-state index in [0.29, 0.717) is 10.8 Å². The van der Waals surface area contributed by atoms with Crippen LogP contribution >= 0.6 is 11.8 Å². The van der Waals surface area contributed by atoms with E-state index in [2.05, 4.69) is 47.2 Å². The summed E-state index contributed by atoms with van der Waals surface area (Å²) in [6.07, 6.45) is 18.3. The Morgan fingerprint density at radius 1 is 0.970 bits per heavy atom. The summed E-state index contributed by atoms with van der Waals surface area (Å²) in [5.74, 6) is 6.49. The number of carbonyl (C=O) groups is 1.